The minimum absolute atomic E-state index is 0.550. The topological polar surface area (TPSA) is 72.3 Å². The second-order valence-corrected chi connectivity index (χ2v) is 4.15. The summed E-state index contributed by atoms with van der Waals surface area (Å²) in [4.78, 5) is 0. The highest BCUT2D eigenvalue weighted by Gasteiger charge is 2.43. The summed E-state index contributed by atoms with van der Waals surface area (Å²) in [6.07, 6.45) is 5.18. The summed E-state index contributed by atoms with van der Waals surface area (Å²) in [6.45, 7) is 2.64. The maximum Gasteiger partial charge on any atom is 0.192 e. The number of hydrazone groups is 1. The van der Waals surface area contributed by atoms with E-state index in [2.05, 4.69) is 20.6 Å². The van der Waals surface area contributed by atoms with Crippen LogP contribution >= 0.6 is 0 Å². The van der Waals surface area contributed by atoms with Crippen LogP contribution < -0.4 is 0 Å². The zero-order chi connectivity index (χ0) is 11.9. The number of aromatic nitrogens is 4. The van der Waals surface area contributed by atoms with E-state index in [4.69, 9.17) is 4.52 Å². The van der Waals surface area contributed by atoms with Crippen LogP contribution in [0.3, 0.4) is 0 Å². The van der Waals surface area contributed by atoms with Crippen LogP contribution in [0.25, 0.3) is 0 Å². The Morgan fingerprint density at radius 1 is 1.47 bits per heavy atom. The van der Waals surface area contributed by atoms with E-state index >= 15 is 0 Å². The summed E-state index contributed by atoms with van der Waals surface area (Å²) in [5.74, 6) is 0.636. The normalized spacial score (nSPS) is 23.5. The molecule has 1 unspecified atom stereocenters. The summed E-state index contributed by atoms with van der Waals surface area (Å²) in [6, 6.07) is 1.94. The first kappa shape index (κ1) is 10.0. The van der Waals surface area contributed by atoms with Crippen molar-refractivity contribution in [3.05, 3.63) is 29.9 Å². The van der Waals surface area contributed by atoms with Crippen LogP contribution in [0.15, 0.2) is 28.1 Å². The zero-order valence-corrected chi connectivity index (χ0v) is 9.61. The molecule has 0 N–H and O–H groups in total. The lowest BCUT2D eigenvalue weighted by molar-refractivity contribution is 0.245. The Bertz CT molecular complexity index is 545. The first-order valence-corrected chi connectivity index (χ1v) is 5.27. The van der Waals surface area contributed by atoms with Gasteiger partial charge in [0.2, 0.25) is 0 Å². The monoisotopic (exact) mass is 232 g/mol. The van der Waals surface area contributed by atoms with Crippen molar-refractivity contribution in [2.75, 3.05) is 13.6 Å². The molecule has 2 aromatic rings. The van der Waals surface area contributed by atoms with Crippen LogP contribution in [0.2, 0.25) is 0 Å². The van der Waals surface area contributed by atoms with Crippen molar-refractivity contribution in [3.63, 3.8) is 0 Å². The highest BCUT2D eigenvalue weighted by molar-refractivity contribution is 5.74. The minimum atomic E-state index is -0.550. The molecule has 0 saturated heterocycles. The first-order chi connectivity index (χ1) is 8.22. The highest BCUT2D eigenvalue weighted by Crippen LogP contribution is 2.29. The molecule has 3 heterocycles. The number of hydrogen-bond acceptors (Lipinski definition) is 6. The van der Waals surface area contributed by atoms with Crippen LogP contribution in [0.4, 0.5) is 0 Å². The lowest BCUT2D eigenvalue weighted by Crippen LogP contribution is -2.41. The average molecular weight is 232 g/mol. The molecule has 0 radical (unpaired) electrons. The van der Waals surface area contributed by atoms with E-state index in [0.29, 0.717) is 12.3 Å². The molecule has 88 valence electrons. The summed E-state index contributed by atoms with van der Waals surface area (Å²) < 4.78 is 7.09. The summed E-state index contributed by atoms with van der Waals surface area (Å²) in [7, 11) is 1.90. The third-order valence-corrected chi connectivity index (χ3v) is 2.94. The van der Waals surface area contributed by atoms with Crippen LogP contribution in [-0.2, 0) is 5.54 Å². The Morgan fingerprint density at radius 3 is 2.88 bits per heavy atom. The van der Waals surface area contributed by atoms with Crippen molar-refractivity contribution in [3.8, 4) is 0 Å². The van der Waals surface area contributed by atoms with Gasteiger partial charge in [0.25, 0.3) is 0 Å². The predicted molar refractivity (Wildman–Crippen MR) is 59.5 cm³/mol. The predicted octanol–water partition coefficient (Wildman–Crippen LogP) is 0.249. The molecule has 0 aromatic carbocycles. The van der Waals surface area contributed by atoms with Gasteiger partial charge < -0.3 is 4.52 Å². The van der Waals surface area contributed by atoms with Crippen molar-refractivity contribution >= 4 is 6.21 Å². The molecule has 0 fully saturated rings. The molecule has 1 atom stereocenters. The smallest absolute Gasteiger partial charge is 0.192 e. The van der Waals surface area contributed by atoms with Gasteiger partial charge in [-0.1, -0.05) is 0 Å². The fourth-order valence-electron chi connectivity index (χ4n) is 2.14. The van der Waals surface area contributed by atoms with Gasteiger partial charge in [-0.3, -0.25) is 5.01 Å². The third kappa shape index (κ3) is 1.35. The fraction of sp³-hybridized carbons (Fsp3) is 0.400. The molecule has 0 amide bonds. The Balaban J connectivity index is 2.17. The zero-order valence-electron chi connectivity index (χ0n) is 9.61. The molecule has 0 bridgehead atoms. The van der Waals surface area contributed by atoms with Gasteiger partial charge in [0, 0.05) is 24.2 Å². The Hall–Kier alpha value is -2.18. The van der Waals surface area contributed by atoms with Gasteiger partial charge in [0.15, 0.2) is 11.3 Å². The van der Waals surface area contributed by atoms with E-state index in [1.807, 2.05) is 35.9 Å². The maximum atomic E-state index is 5.21. The SMILES string of the molecule is Cc1ccnn1C1(c2cnno2)C=NN(C)C1. The summed E-state index contributed by atoms with van der Waals surface area (Å²) in [5, 5.41) is 17.7. The van der Waals surface area contributed by atoms with E-state index in [1.165, 1.54) is 0 Å². The average Bonchev–Trinajstić information content (AvgIpc) is 2.97. The van der Waals surface area contributed by atoms with Crippen molar-refractivity contribution < 1.29 is 4.52 Å². The van der Waals surface area contributed by atoms with Crippen molar-refractivity contribution in [2.45, 2.75) is 12.5 Å². The summed E-state index contributed by atoms with van der Waals surface area (Å²) >= 11 is 0. The molecule has 2 aromatic heterocycles. The number of hydrogen-bond donors (Lipinski definition) is 0. The van der Waals surface area contributed by atoms with Gasteiger partial charge in [-0.25, -0.2) is 4.68 Å². The third-order valence-electron chi connectivity index (χ3n) is 2.94. The molecular weight excluding hydrogens is 220 g/mol. The largest absolute Gasteiger partial charge is 0.339 e. The lowest BCUT2D eigenvalue weighted by Gasteiger charge is -2.25. The van der Waals surface area contributed by atoms with Gasteiger partial charge >= 0.3 is 0 Å². The number of aryl methyl sites for hydroxylation is 1. The van der Waals surface area contributed by atoms with Crippen LogP contribution in [0.5, 0.6) is 0 Å². The Labute approximate surface area is 97.7 Å². The van der Waals surface area contributed by atoms with Gasteiger partial charge in [-0.05, 0) is 13.0 Å². The molecule has 17 heavy (non-hydrogen) atoms. The molecule has 7 nitrogen and oxygen atoms in total. The molecule has 1 aliphatic heterocycles. The van der Waals surface area contributed by atoms with E-state index in [0.717, 1.165) is 5.69 Å². The van der Waals surface area contributed by atoms with Crippen molar-refractivity contribution in [1.82, 2.24) is 25.2 Å². The molecule has 0 aliphatic carbocycles. The molecule has 0 saturated carbocycles. The lowest BCUT2D eigenvalue weighted by atomic mass is 9.99. The van der Waals surface area contributed by atoms with E-state index in [-0.39, 0.29) is 0 Å². The van der Waals surface area contributed by atoms with Crippen molar-refractivity contribution in [2.24, 2.45) is 5.10 Å². The Morgan fingerprint density at radius 2 is 2.35 bits per heavy atom. The molecule has 7 heteroatoms. The van der Waals surface area contributed by atoms with Crippen LogP contribution in [0.1, 0.15) is 11.5 Å². The molecule has 3 rings (SSSR count). The van der Waals surface area contributed by atoms with Gasteiger partial charge in [-0.15, -0.1) is 5.10 Å². The number of nitrogens with zero attached hydrogens (tertiary/aromatic N) is 6. The second-order valence-electron chi connectivity index (χ2n) is 4.15. The second kappa shape index (κ2) is 3.41. The van der Waals surface area contributed by atoms with Gasteiger partial charge in [0.05, 0.1) is 19.0 Å². The van der Waals surface area contributed by atoms with Crippen molar-refractivity contribution in [1.29, 1.82) is 0 Å². The van der Waals surface area contributed by atoms with E-state index < -0.39 is 5.54 Å². The number of rotatable bonds is 2. The van der Waals surface area contributed by atoms with Gasteiger partial charge in [-0.2, -0.15) is 10.2 Å². The van der Waals surface area contributed by atoms with E-state index in [1.54, 1.807) is 12.4 Å². The first-order valence-electron chi connectivity index (χ1n) is 5.27. The fourth-order valence-corrected chi connectivity index (χ4v) is 2.14. The minimum Gasteiger partial charge on any atom is -0.339 e. The van der Waals surface area contributed by atoms with Crippen LogP contribution in [-0.4, -0.2) is 45.0 Å². The quantitative estimate of drug-likeness (QED) is 0.742. The standard InChI is InChI=1S/C10H12N6O/c1-8-3-4-12-16(8)10(6-13-15(2)7-10)9-5-11-14-17-9/h3-6H,7H2,1-2H3. The Kier molecular flexibility index (Phi) is 2.01. The molecule has 1 aliphatic rings. The maximum absolute atomic E-state index is 5.21. The highest BCUT2D eigenvalue weighted by atomic mass is 16.5. The molecule has 0 spiro atoms. The summed E-state index contributed by atoms with van der Waals surface area (Å²) in [5.41, 5.74) is 0.481. The van der Waals surface area contributed by atoms with Gasteiger partial charge in [0.1, 0.15) is 0 Å². The number of likely N-dealkylation sites (N-methyl/N-ethyl adjacent to an activating group) is 1. The van der Waals surface area contributed by atoms with E-state index in [9.17, 15) is 0 Å². The van der Waals surface area contributed by atoms with Crippen LogP contribution in [0, 0.1) is 6.92 Å². The molecular formula is C10H12N6O.